The molecule has 5 nitrogen and oxygen atoms in total. The van der Waals surface area contributed by atoms with E-state index >= 15 is 0 Å². The molecule has 0 bridgehead atoms. The van der Waals surface area contributed by atoms with Gasteiger partial charge in [-0.3, -0.25) is 9.97 Å². The second-order valence-corrected chi connectivity index (χ2v) is 8.87. The molecule has 0 atom stereocenters. The largest absolute Gasteiger partial charge is 0.450 e. The summed E-state index contributed by atoms with van der Waals surface area (Å²) < 4.78 is 5.19. The summed E-state index contributed by atoms with van der Waals surface area (Å²) in [5.74, 6) is 1.11. The van der Waals surface area contributed by atoms with Crippen LogP contribution in [0.15, 0.2) is 47.6 Å². The molecule has 1 N–H and O–H groups in total. The van der Waals surface area contributed by atoms with E-state index in [1.165, 1.54) is 36.0 Å². The maximum absolute atomic E-state index is 11.5. The van der Waals surface area contributed by atoms with Crippen molar-refractivity contribution < 1.29 is 9.53 Å². The molecule has 0 saturated carbocycles. The second kappa shape index (κ2) is 13.2. The molecule has 1 aromatic carbocycles. The van der Waals surface area contributed by atoms with Crippen molar-refractivity contribution >= 4 is 39.7 Å². The minimum Gasteiger partial charge on any atom is -0.450 e. The van der Waals surface area contributed by atoms with E-state index in [0.29, 0.717) is 13.2 Å². The molecule has 0 radical (unpaired) electrons. The Kier molecular flexibility index (Phi) is 9.90. The molecule has 0 unspecified atom stereocenters. The van der Waals surface area contributed by atoms with E-state index in [1.807, 2.05) is 36.3 Å². The van der Waals surface area contributed by atoms with Gasteiger partial charge < -0.3 is 10.1 Å². The molecule has 2 aromatic heterocycles. The molecular formula is C25H33N3O2S. The third-order valence-electron chi connectivity index (χ3n) is 5.25. The third-order valence-corrected chi connectivity index (χ3v) is 6.39. The van der Waals surface area contributed by atoms with Crippen molar-refractivity contribution in [1.29, 1.82) is 0 Å². The first-order chi connectivity index (χ1) is 15.3. The Morgan fingerprint density at radius 2 is 1.71 bits per heavy atom. The number of hydrogen-bond acceptors (Lipinski definition) is 5. The van der Waals surface area contributed by atoms with Gasteiger partial charge in [0.2, 0.25) is 0 Å². The lowest BCUT2D eigenvalue weighted by Gasteiger charge is -2.09. The Bertz CT molecular complexity index is 964. The van der Waals surface area contributed by atoms with Gasteiger partial charge >= 0.3 is 6.09 Å². The highest BCUT2D eigenvalue weighted by atomic mass is 32.2. The van der Waals surface area contributed by atoms with Gasteiger partial charge in [0.1, 0.15) is 0 Å². The molecule has 31 heavy (non-hydrogen) atoms. The number of alkyl carbamates (subject to hydrolysis) is 1. The van der Waals surface area contributed by atoms with Crippen molar-refractivity contribution in [3.63, 3.8) is 0 Å². The molecule has 3 rings (SSSR count). The Hall–Kier alpha value is -2.34. The number of unbranched alkanes of at least 4 members (excludes halogenated alkanes) is 6. The van der Waals surface area contributed by atoms with Crippen LogP contribution in [0.25, 0.3) is 21.8 Å². The average molecular weight is 440 g/mol. The molecule has 0 spiro atoms. The summed E-state index contributed by atoms with van der Waals surface area (Å²) in [6.45, 7) is 3.33. The summed E-state index contributed by atoms with van der Waals surface area (Å²) in [6, 6.07) is 10.5. The molecule has 0 saturated heterocycles. The molecule has 0 aliphatic rings. The zero-order chi connectivity index (χ0) is 21.7. The van der Waals surface area contributed by atoms with Crippen molar-refractivity contribution in [2.45, 2.75) is 63.2 Å². The number of carbonyl (C=O) groups is 1. The lowest BCUT2D eigenvalue weighted by Crippen LogP contribution is -2.25. The number of ether oxygens (including phenoxy) is 1. The third kappa shape index (κ3) is 7.39. The molecular weight excluding hydrogens is 406 g/mol. The minimum atomic E-state index is -0.280. The van der Waals surface area contributed by atoms with E-state index in [-0.39, 0.29) is 6.09 Å². The Morgan fingerprint density at radius 1 is 0.968 bits per heavy atom. The van der Waals surface area contributed by atoms with Crippen molar-refractivity contribution in [2.24, 2.45) is 0 Å². The maximum Gasteiger partial charge on any atom is 0.407 e. The summed E-state index contributed by atoms with van der Waals surface area (Å²) in [4.78, 5) is 21.8. The van der Waals surface area contributed by atoms with Gasteiger partial charge in [-0.1, -0.05) is 51.2 Å². The van der Waals surface area contributed by atoms with E-state index in [2.05, 4.69) is 40.4 Å². The van der Waals surface area contributed by atoms with Crippen LogP contribution >= 0.6 is 11.8 Å². The zero-order valence-corrected chi connectivity index (χ0v) is 19.3. The first kappa shape index (κ1) is 23.3. The van der Waals surface area contributed by atoms with Crippen LogP contribution in [0.4, 0.5) is 4.79 Å². The molecule has 1 amide bonds. The van der Waals surface area contributed by atoms with Gasteiger partial charge in [0.25, 0.3) is 0 Å². The van der Waals surface area contributed by atoms with E-state index in [1.54, 1.807) is 0 Å². The molecule has 166 valence electrons. The van der Waals surface area contributed by atoms with Crippen molar-refractivity contribution in [3.05, 3.63) is 42.7 Å². The highest BCUT2D eigenvalue weighted by Gasteiger charge is 2.08. The van der Waals surface area contributed by atoms with Crippen LogP contribution in [0.3, 0.4) is 0 Å². The lowest BCUT2D eigenvalue weighted by atomic mass is 10.1. The fourth-order valence-corrected chi connectivity index (χ4v) is 4.64. The highest BCUT2D eigenvalue weighted by molar-refractivity contribution is 7.99. The monoisotopic (exact) mass is 439 g/mol. The van der Waals surface area contributed by atoms with Gasteiger partial charge in [-0.05, 0) is 43.2 Å². The quantitative estimate of drug-likeness (QED) is 0.181. The van der Waals surface area contributed by atoms with Gasteiger partial charge in [-0.2, -0.15) is 0 Å². The summed E-state index contributed by atoms with van der Waals surface area (Å²) in [6.07, 6.45) is 12.4. The van der Waals surface area contributed by atoms with E-state index < -0.39 is 0 Å². The normalized spacial score (nSPS) is 11.1. The number of amides is 1. The van der Waals surface area contributed by atoms with E-state index in [9.17, 15) is 4.79 Å². The number of fused-ring (bicyclic) bond motifs is 3. The van der Waals surface area contributed by atoms with Gasteiger partial charge in [-0.25, -0.2) is 4.79 Å². The van der Waals surface area contributed by atoms with Crippen LogP contribution in [-0.4, -0.2) is 35.0 Å². The topological polar surface area (TPSA) is 64.1 Å². The Balaban J connectivity index is 1.31. The SMILES string of the molecule is CCCCNC(=O)OCCCCCCCCSc1cc2cccnc2c2ncccc12. The van der Waals surface area contributed by atoms with Crippen LogP contribution in [0.5, 0.6) is 0 Å². The summed E-state index contributed by atoms with van der Waals surface area (Å²) >= 11 is 1.92. The highest BCUT2D eigenvalue weighted by Crippen LogP contribution is 2.32. The number of thioether (sulfide) groups is 1. The van der Waals surface area contributed by atoms with Gasteiger partial charge in [0.15, 0.2) is 0 Å². The van der Waals surface area contributed by atoms with Crippen LogP contribution in [-0.2, 0) is 4.74 Å². The number of hydrogen-bond donors (Lipinski definition) is 1. The summed E-state index contributed by atoms with van der Waals surface area (Å²) in [5.41, 5.74) is 1.97. The Morgan fingerprint density at radius 3 is 2.55 bits per heavy atom. The molecule has 6 heteroatoms. The van der Waals surface area contributed by atoms with Gasteiger partial charge in [0.05, 0.1) is 17.6 Å². The molecule has 0 aliphatic carbocycles. The summed E-state index contributed by atoms with van der Waals surface area (Å²) in [5, 5.41) is 5.11. The zero-order valence-electron chi connectivity index (χ0n) is 18.4. The molecule has 0 fully saturated rings. The first-order valence-corrected chi connectivity index (χ1v) is 12.4. The second-order valence-electron chi connectivity index (χ2n) is 7.74. The minimum absolute atomic E-state index is 0.280. The molecule has 2 heterocycles. The Labute approximate surface area is 189 Å². The fraction of sp³-hybridized carbons (Fsp3) is 0.480. The first-order valence-electron chi connectivity index (χ1n) is 11.5. The van der Waals surface area contributed by atoms with Crippen LogP contribution in [0, 0.1) is 0 Å². The lowest BCUT2D eigenvalue weighted by molar-refractivity contribution is 0.143. The number of nitrogens with zero attached hydrogens (tertiary/aromatic N) is 2. The van der Waals surface area contributed by atoms with Crippen molar-refractivity contribution in [3.8, 4) is 0 Å². The predicted octanol–water partition coefficient (Wildman–Crippen LogP) is 6.74. The van der Waals surface area contributed by atoms with Gasteiger partial charge in [-0.15, -0.1) is 11.8 Å². The van der Waals surface area contributed by atoms with Crippen LogP contribution in [0.2, 0.25) is 0 Å². The summed E-state index contributed by atoms with van der Waals surface area (Å²) in [7, 11) is 0. The van der Waals surface area contributed by atoms with Crippen molar-refractivity contribution in [1.82, 2.24) is 15.3 Å². The van der Waals surface area contributed by atoms with E-state index in [4.69, 9.17) is 4.74 Å². The number of rotatable bonds is 13. The molecule has 3 aromatic rings. The average Bonchev–Trinajstić information content (AvgIpc) is 2.80. The van der Waals surface area contributed by atoms with Crippen LogP contribution in [0.1, 0.15) is 58.3 Å². The number of carbonyl (C=O) groups excluding carboxylic acids is 1. The van der Waals surface area contributed by atoms with Crippen LogP contribution < -0.4 is 5.32 Å². The predicted molar refractivity (Wildman–Crippen MR) is 130 cm³/mol. The van der Waals surface area contributed by atoms with E-state index in [0.717, 1.165) is 47.9 Å². The standard InChI is InChI=1S/C25H33N3O2S/c1-2-3-14-28-25(29)30-17-8-6-4-5-7-9-18-31-22-19-20-12-10-15-26-23(20)24-21(22)13-11-16-27-24/h10-13,15-16,19H,2-9,14,17-18H2,1H3,(H,28,29). The molecule has 0 aliphatic heterocycles. The van der Waals surface area contributed by atoms with Gasteiger partial charge in [0, 0.05) is 34.6 Å². The van der Waals surface area contributed by atoms with Crippen molar-refractivity contribution in [2.75, 3.05) is 18.9 Å². The number of benzene rings is 1. The number of pyridine rings is 2. The number of aromatic nitrogens is 2. The number of nitrogens with one attached hydrogen (secondary N) is 1. The smallest absolute Gasteiger partial charge is 0.407 e. The maximum atomic E-state index is 11.5. The fourth-order valence-electron chi connectivity index (χ4n) is 3.54.